The fraction of sp³-hybridized carbons (Fsp3) is 0.188. The summed E-state index contributed by atoms with van der Waals surface area (Å²) in [5, 5.41) is 0.630. The van der Waals surface area contributed by atoms with Crippen molar-refractivity contribution in [1.82, 2.24) is 4.90 Å². The topological polar surface area (TPSA) is 29.5 Å². The molecule has 1 amide bonds. The minimum atomic E-state index is -0.158. The van der Waals surface area contributed by atoms with Gasteiger partial charge in [-0.15, -0.1) is 0 Å². The molecule has 0 aromatic heterocycles. The van der Waals surface area contributed by atoms with E-state index < -0.39 is 0 Å². The van der Waals surface area contributed by atoms with Crippen LogP contribution in [-0.2, 0) is 6.54 Å². The second-order valence-electron chi connectivity index (χ2n) is 4.76. The maximum atomic E-state index is 12.5. The van der Waals surface area contributed by atoms with Gasteiger partial charge in [0.25, 0.3) is 5.91 Å². The lowest BCUT2D eigenvalue weighted by atomic mass is 10.1. The number of ether oxygens (including phenoxy) is 1. The Morgan fingerprint density at radius 1 is 1.18 bits per heavy atom. The van der Waals surface area contributed by atoms with Gasteiger partial charge in [-0.25, -0.2) is 0 Å². The predicted molar refractivity (Wildman–Crippen MR) is 93.0 cm³/mol. The minimum absolute atomic E-state index is 0.158. The second-order valence-corrected chi connectivity index (χ2v) is 6.49. The highest BCUT2D eigenvalue weighted by Gasteiger charge is 2.16. The zero-order valence-electron chi connectivity index (χ0n) is 12.1. The maximum Gasteiger partial charge on any atom is 0.254 e. The first-order valence-electron chi connectivity index (χ1n) is 6.45. The van der Waals surface area contributed by atoms with Gasteiger partial charge in [0.05, 0.1) is 17.2 Å². The summed E-state index contributed by atoms with van der Waals surface area (Å²) in [5.41, 5.74) is 1.46. The van der Waals surface area contributed by atoms with Crippen molar-refractivity contribution in [2.24, 2.45) is 0 Å². The Hall–Kier alpha value is -1.23. The lowest BCUT2D eigenvalue weighted by Crippen LogP contribution is -2.26. The quantitative estimate of drug-likeness (QED) is 0.717. The van der Waals surface area contributed by atoms with Crippen LogP contribution in [0.2, 0.25) is 10.0 Å². The lowest BCUT2D eigenvalue weighted by Gasteiger charge is -2.18. The molecule has 0 unspecified atom stereocenters. The summed E-state index contributed by atoms with van der Waals surface area (Å²) < 4.78 is 6.08. The SMILES string of the molecule is COc1c(Cl)cc(C(=O)N(C)Cc2ccc(Br)cc2)cc1Cl. The average molecular weight is 403 g/mol. The minimum Gasteiger partial charge on any atom is -0.494 e. The van der Waals surface area contributed by atoms with E-state index in [1.54, 1.807) is 24.1 Å². The van der Waals surface area contributed by atoms with Crippen LogP contribution >= 0.6 is 39.1 Å². The smallest absolute Gasteiger partial charge is 0.254 e. The number of hydrogen-bond acceptors (Lipinski definition) is 2. The van der Waals surface area contributed by atoms with Gasteiger partial charge < -0.3 is 9.64 Å². The first kappa shape index (κ1) is 17.1. The molecule has 6 heteroatoms. The molecule has 2 aromatic carbocycles. The molecular formula is C16H14BrCl2NO2. The molecule has 0 bridgehead atoms. The van der Waals surface area contributed by atoms with Crippen molar-refractivity contribution in [2.75, 3.05) is 14.2 Å². The maximum absolute atomic E-state index is 12.5. The molecule has 2 rings (SSSR count). The van der Waals surface area contributed by atoms with Crippen molar-refractivity contribution in [3.63, 3.8) is 0 Å². The number of hydrogen-bond donors (Lipinski definition) is 0. The van der Waals surface area contributed by atoms with Gasteiger partial charge in [0, 0.05) is 23.6 Å². The zero-order chi connectivity index (χ0) is 16.3. The first-order chi connectivity index (χ1) is 10.4. The number of halogens is 3. The lowest BCUT2D eigenvalue weighted by molar-refractivity contribution is 0.0785. The number of carbonyl (C=O) groups is 1. The third kappa shape index (κ3) is 3.94. The molecule has 2 aromatic rings. The Labute approximate surface area is 147 Å². The van der Waals surface area contributed by atoms with E-state index in [0.29, 0.717) is 27.9 Å². The summed E-state index contributed by atoms with van der Waals surface area (Å²) in [4.78, 5) is 14.1. The van der Waals surface area contributed by atoms with Crippen molar-refractivity contribution in [3.05, 3.63) is 62.0 Å². The van der Waals surface area contributed by atoms with Gasteiger partial charge >= 0.3 is 0 Å². The number of carbonyl (C=O) groups excluding carboxylic acids is 1. The normalized spacial score (nSPS) is 10.4. The summed E-state index contributed by atoms with van der Waals surface area (Å²) in [6, 6.07) is 10.9. The molecular weight excluding hydrogens is 389 g/mol. The Balaban J connectivity index is 2.18. The number of rotatable bonds is 4. The van der Waals surface area contributed by atoms with Gasteiger partial charge in [-0.05, 0) is 29.8 Å². The number of amides is 1. The molecule has 22 heavy (non-hydrogen) atoms. The van der Waals surface area contributed by atoms with E-state index >= 15 is 0 Å². The molecule has 0 heterocycles. The van der Waals surface area contributed by atoms with Crippen molar-refractivity contribution in [3.8, 4) is 5.75 Å². The van der Waals surface area contributed by atoms with Crippen molar-refractivity contribution < 1.29 is 9.53 Å². The monoisotopic (exact) mass is 401 g/mol. The Bertz CT molecular complexity index is 666. The summed E-state index contributed by atoms with van der Waals surface area (Å²) in [7, 11) is 3.21. The van der Waals surface area contributed by atoms with Gasteiger partial charge in [-0.3, -0.25) is 4.79 Å². The van der Waals surface area contributed by atoms with E-state index in [4.69, 9.17) is 27.9 Å². The van der Waals surface area contributed by atoms with Crippen LogP contribution < -0.4 is 4.74 Å². The summed E-state index contributed by atoms with van der Waals surface area (Å²) in [6.45, 7) is 0.493. The van der Waals surface area contributed by atoms with Crippen LogP contribution in [0.5, 0.6) is 5.75 Å². The van der Waals surface area contributed by atoms with Crippen LogP contribution in [0.3, 0.4) is 0 Å². The van der Waals surface area contributed by atoms with E-state index in [1.165, 1.54) is 7.11 Å². The van der Waals surface area contributed by atoms with Crippen LogP contribution in [0, 0.1) is 0 Å². The van der Waals surface area contributed by atoms with E-state index in [9.17, 15) is 4.79 Å². The van der Waals surface area contributed by atoms with Crippen LogP contribution in [0.25, 0.3) is 0 Å². The highest BCUT2D eigenvalue weighted by atomic mass is 79.9. The molecule has 3 nitrogen and oxygen atoms in total. The van der Waals surface area contributed by atoms with Crippen molar-refractivity contribution in [2.45, 2.75) is 6.54 Å². The summed E-state index contributed by atoms with van der Waals surface area (Å²) >= 11 is 15.5. The molecule has 0 atom stereocenters. The van der Waals surface area contributed by atoms with Gasteiger partial charge in [-0.1, -0.05) is 51.3 Å². The Morgan fingerprint density at radius 2 is 1.73 bits per heavy atom. The fourth-order valence-electron chi connectivity index (χ4n) is 2.03. The Kier molecular flexibility index (Phi) is 5.73. The highest BCUT2D eigenvalue weighted by molar-refractivity contribution is 9.10. The van der Waals surface area contributed by atoms with Gasteiger partial charge in [0.2, 0.25) is 0 Å². The third-order valence-corrected chi connectivity index (χ3v) is 4.22. The van der Waals surface area contributed by atoms with E-state index in [2.05, 4.69) is 15.9 Å². The van der Waals surface area contributed by atoms with Gasteiger partial charge in [0.1, 0.15) is 0 Å². The molecule has 0 radical (unpaired) electrons. The Morgan fingerprint density at radius 3 is 2.23 bits per heavy atom. The molecule has 0 aliphatic heterocycles. The average Bonchev–Trinajstić information content (AvgIpc) is 2.48. The van der Waals surface area contributed by atoms with Crippen LogP contribution in [0.15, 0.2) is 40.9 Å². The van der Waals surface area contributed by atoms with Crippen molar-refractivity contribution >= 4 is 45.0 Å². The number of benzene rings is 2. The van der Waals surface area contributed by atoms with Gasteiger partial charge in [-0.2, -0.15) is 0 Å². The molecule has 0 saturated heterocycles. The molecule has 0 aliphatic rings. The molecule has 116 valence electrons. The summed E-state index contributed by atoms with van der Waals surface area (Å²) in [6.07, 6.45) is 0. The third-order valence-electron chi connectivity index (χ3n) is 3.13. The molecule has 0 aliphatic carbocycles. The zero-order valence-corrected chi connectivity index (χ0v) is 15.2. The van der Waals surface area contributed by atoms with E-state index in [-0.39, 0.29) is 5.91 Å². The predicted octanol–water partition coefficient (Wildman–Crippen LogP) is 5.04. The summed E-state index contributed by atoms with van der Waals surface area (Å²) in [5.74, 6) is 0.213. The fourth-order valence-corrected chi connectivity index (χ4v) is 2.94. The number of methoxy groups -OCH3 is 1. The second kappa shape index (κ2) is 7.36. The van der Waals surface area contributed by atoms with E-state index in [1.807, 2.05) is 24.3 Å². The van der Waals surface area contributed by atoms with Crippen LogP contribution in [0.1, 0.15) is 15.9 Å². The van der Waals surface area contributed by atoms with Crippen LogP contribution in [0.4, 0.5) is 0 Å². The van der Waals surface area contributed by atoms with Gasteiger partial charge in [0.15, 0.2) is 5.75 Å². The van der Waals surface area contributed by atoms with Crippen LogP contribution in [-0.4, -0.2) is 25.0 Å². The molecule has 0 N–H and O–H groups in total. The highest BCUT2D eigenvalue weighted by Crippen LogP contribution is 2.34. The molecule has 0 fully saturated rings. The number of nitrogens with zero attached hydrogens (tertiary/aromatic N) is 1. The standard InChI is InChI=1S/C16H14BrCl2NO2/c1-20(9-10-3-5-12(17)6-4-10)16(21)11-7-13(18)15(22-2)14(19)8-11/h3-8H,9H2,1-2H3. The molecule has 0 saturated carbocycles. The first-order valence-corrected chi connectivity index (χ1v) is 8.00. The molecule has 0 spiro atoms. The van der Waals surface area contributed by atoms with Crippen molar-refractivity contribution in [1.29, 1.82) is 0 Å². The van der Waals surface area contributed by atoms with E-state index in [0.717, 1.165) is 10.0 Å². The largest absolute Gasteiger partial charge is 0.494 e.